The number of methoxy groups -OCH3 is 1. The van der Waals surface area contributed by atoms with Crippen LogP contribution >= 0.6 is 0 Å². The van der Waals surface area contributed by atoms with Crippen molar-refractivity contribution in [1.29, 1.82) is 0 Å². The zero-order valence-corrected chi connectivity index (χ0v) is 20.2. The van der Waals surface area contributed by atoms with Gasteiger partial charge in [-0.1, -0.05) is 17.7 Å². The molecule has 0 aliphatic carbocycles. The van der Waals surface area contributed by atoms with Gasteiger partial charge in [0.2, 0.25) is 15.9 Å². The predicted octanol–water partition coefficient (Wildman–Crippen LogP) is 3.03. The first-order chi connectivity index (χ1) is 15.2. The summed E-state index contributed by atoms with van der Waals surface area (Å²) < 4.78 is 33.4. The van der Waals surface area contributed by atoms with Crippen LogP contribution in [0, 0.1) is 20.8 Å². The van der Waals surface area contributed by atoms with E-state index in [9.17, 15) is 13.2 Å². The van der Waals surface area contributed by atoms with Crippen LogP contribution in [0.1, 0.15) is 29.5 Å². The highest BCUT2D eigenvalue weighted by molar-refractivity contribution is 7.89. The number of ether oxygens (including phenoxy) is 1. The van der Waals surface area contributed by atoms with E-state index < -0.39 is 10.0 Å². The first kappa shape index (κ1) is 24.1. The quantitative estimate of drug-likeness (QED) is 0.689. The molecule has 7 nitrogen and oxygen atoms in total. The van der Waals surface area contributed by atoms with Crippen molar-refractivity contribution in [3.05, 3.63) is 53.1 Å². The minimum Gasteiger partial charge on any atom is -0.497 e. The van der Waals surface area contributed by atoms with Crippen molar-refractivity contribution in [2.75, 3.05) is 44.7 Å². The Hall–Kier alpha value is -2.58. The second kappa shape index (κ2) is 10.4. The van der Waals surface area contributed by atoms with Crippen LogP contribution in [0.2, 0.25) is 0 Å². The lowest BCUT2D eigenvalue weighted by atomic mass is 10.1. The normalized spacial score (nSPS) is 14.9. The number of nitrogens with one attached hydrogen (secondary N) is 1. The number of rotatable bonds is 7. The third-order valence-electron chi connectivity index (χ3n) is 5.79. The molecule has 0 spiro atoms. The maximum absolute atomic E-state index is 12.8. The Bertz CT molecular complexity index is 1030. The van der Waals surface area contributed by atoms with E-state index >= 15 is 0 Å². The number of benzene rings is 2. The summed E-state index contributed by atoms with van der Waals surface area (Å²) in [4.78, 5) is 17.1. The molecule has 1 heterocycles. The molecule has 3 rings (SSSR count). The predicted molar refractivity (Wildman–Crippen MR) is 127 cm³/mol. The van der Waals surface area contributed by atoms with Crippen molar-refractivity contribution in [3.63, 3.8) is 0 Å². The SMILES string of the molecule is COc1ccc(N2CCCN(C(=O)CCNS(=O)(=O)c3c(C)cc(C)cc3C)CC2)cc1. The van der Waals surface area contributed by atoms with E-state index in [1.165, 1.54) is 0 Å². The van der Waals surface area contributed by atoms with Crippen molar-refractivity contribution >= 4 is 21.6 Å². The van der Waals surface area contributed by atoms with Gasteiger partial charge in [-0.25, -0.2) is 13.1 Å². The summed E-state index contributed by atoms with van der Waals surface area (Å²) in [6.45, 7) is 8.53. The number of hydrogen-bond acceptors (Lipinski definition) is 5. The number of aryl methyl sites for hydroxylation is 3. The average molecular weight is 460 g/mol. The van der Waals surface area contributed by atoms with Gasteiger partial charge in [-0.3, -0.25) is 4.79 Å². The van der Waals surface area contributed by atoms with E-state index in [0.717, 1.165) is 36.5 Å². The molecule has 0 saturated carbocycles. The molecule has 0 radical (unpaired) electrons. The second-order valence-electron chi connectivity index (χ2n) is 8.30. The molecule has 8 heteroatoms. The maximum atomic E-state index is 12.8. The van der Waals surface area contributed by atoms with Crippen molar-refractivity contribution in [3.8, 4) is 5.75 Å². The van der Waals surface area contributed by atoms with E-state index in [0.29, 0.717) is 29.1 Å². The summed E-state index contributed by atoms with van der Waals surface area (Å²) in [6, 6.07) is 11.6. The van der Waals surface area contributed by atoms with E-state index in [4.69, 9.17) is 4.74 Å². The second-order valence-corrected chi connectivity index (χ2v) is 10.00. The summed E-state index contributed by atoms with van der Waals surface area (Å²) in [7, 11) is -2.02. The van der Waals surface area contributed by atoms with Gasteiger partial charge in [0.1, 0.15) is 5.75 Å². The molecule has 32 heavy (non-hydrogen) atoms. The Morgan fingerprint density at radius 2 is 1.66 bits per heavy atom. The van der Waals surface area contributed by atoms with Gasteiger partial charge in [0, 0.05) is 44.8 Å². The number of anilines is 1. The fourth-order valence-corrected chi connectivity index (χ4v) is 5.81. The number of sulfonamides is 1. The highest BCUT2D eigenvalue weighted by atomic mass is 32.2. The Kier molecular flexibility index (Phi) is 7.79. The number of carbonyl (C=O) groups is 1. The molecule has 0 aromatic heterocycles. The molecule has 1 fully saturated rings. The summed E-state index contributed by atoms with van der Waals surface area (Å²) >= 11 is 0. The molecule has 1 aliphatic heterocycles. The van der Waals surface area contributed by atoms with Crippen LogP contribution in [-0.4, -0.2) is 59.1 Å². The van der Waals surface area contributed by atoms with Crippen LogP contribution in [0.5, 0.6) is 5.75 Å². The van der Waals surface area contributed by atoms with Crippen molar-refractivity contribution in [2.24, 2.45) is 0 Å². The molecule has 1 N–H and O–H groups in total. The van der Waals surface area contributed by atoms with Crippen LogP contribution in [0.3, 0.4) is 0 Å². The van der Waals surface area contributed by atoms with Crippen LogP contribution < -0.4 is 14.4 Å². The highest BCUT2D eigenvalue weighted by Crippen LogP contribution is 2.22. The fourth-order valence-electron chi connectivity index (χ4n) is 4.33. The average Bonchev–Trinajstić information content (AvgIpc) is 2.99. The molecule has 0 bridgehead atoms. The standard InChI is InChI=1S/C24H33N3O4S/c1-18-16-19(2)24(20(3)17-18)32(29,30)25-11-10-23(28)27-13-5-12-26(14-15-27)21-6-8-22(31-4)9-7-21/h6-9,16-17,25H,5,10-15H2,1-4H3. The lowest BCUT2D eigenvalue weighted by Gasteiger charge is -2.24. The smallest absolute Gasteiger partial charge is 0.241 e. The van der Waals surface area contributed by atoms with Gasteiger partial charge >= 0.3 is 0 Å². The minimum absolute atomic E-state index is 0.0263. The molecule has 1 aliphatic rings. The molecule has 1 amide bonds. The molecule has 0 atom stereocenters. The van der Waals surface area contributed by atoms with Crippen LogP contribution in [0.4, 0.5) is 5.69 Å². The molecule has 174 valence electrons. The Morgan fingerprint density at radius 1 is 1.00 bits per heavy atom. The zero-order chi connectivity index (χ0) is 23.3. The molecule has 0 unspecified atom stereocenters. The van der Waals surface area contributed by atoms with E-state index in [-0.39, 0.29) is 18.9 Å². The minimum atomic E-state index is -3.66. The Morgan fingerprint density at radius 3 is 2.28 bits per heavy atom. The number of nitrogens with zero attached hydrogens (tertiary/aromatic N) is 2. The lowest BCUT2D eigenvalue weighted by molar-refractivity contribution is -0.130. The van der Waals surface area contributed by atoms with Crippen molar-refractivity contribution in [2.45, 2.75) is 38.5 Å². The fraction of sp³-hybridized carbons (Fsp3) is 0.458. The molecular weight excluding hydrogens is 426 g/mol. The molecule has 2 aromatic carbocycles. The highest BCUT2D eigenvalue weighted by Gasteiger charge is 2.22. The van der Waals surface area contributed by atoms with Crippen LogP contribution in [0.25, 0.3) is 0 Å². The topological polar surface area (TPSA) is 79.0 Å². The molecular formula is C24H33N3O4S. The summed E-state index contributed by atoms with van der Waals surface area (Å²) in [5.74, 6) is 0.792. The van der Waals surface area contributed by atoms with Gasteiger partial charge in [-0.05, 0) is 62.6 Å². The van der Waals surface area contributed by atoms with Gasteiger partial charge in [-0.2, -0.15) is 0 Å². The van der Waals surface area contributed by atoms with E-state index in [1.807, 2.05) is 48.2 Å². The summed E-state index contributed by atoms with van der Waals surface area (Å²) in [6.07, 6.45) is 1.01. The Balaban J connectivity index is 1.54. The van der Waals surface area contributed by atoms with Gasteiger partial charge in [-0.15, -0.1) is 0 Å². The van der Waals surface area contributed by atoms with Crippen LogP contribution in [-0.2, 0) is 14.8 Å². The first-order valence-corrected chi connectivity index (χ1v) is 12.4. The monoisotopic (exact) mass is 459 g/mol. The molecule has 1 saturated heterocycles. The van der Waals surface area contributed by atoms with Gasteiger partial charge < -0.3 is 14.5 Å². The van der Waals surface area contributed by atoms with E-state index in [2.05, 4.69) is 9.62 Å². The van der Waals surface area contributed by atoms with Crippen LogP contribution in [0.15, 0.2) is 41.3 Å². The van der Waals surface area contributed by atoms with Gasteiger partial charge in [0.05, 0.1) is 12.0 Å². The third kappa shape index (κ3) is 5.81. The number of amides is 1. The van der Waals surface area contributed by atoms with Crippen molar-refractivity contribution in [1.82, 2.24) is 9.62 Å². The third-order valence-corrected chi connectivity index (χ3v) is 7.56. The number of hydrogen-bond donors (Lipinski definition) is 1. The zero-order valence-electron chi connectivity index (χ0n) is 19.3. The van der Waals surface area contributed by atoms with Gasteiger partial charge in [0.15, 0.2) is 0 Å². The molecule has 2 aromatic rings. The summed E-state index contributed by atoms with van der Waals surface area (Å²) in [5, 5.41) is 0. The first-order valence-electron chi connectivity index (χ1n) is 11.0. The maximum Gasteiger partial charge on any atom is 0.241 e. The van der Waals surface area contributed by atoms with E-state index in [1.54, 1.807) is 21.0 Å². The summed E-state index contributed by atoms with van der Waals surface area (Å²) in [5.41, 5.74) is 3.57. The lowest BCUT2D eigenvalue weighted by Crippen LogP contribution is -2.37. The number of carbonyl (C=O) groups excluding carboxylic acids is 1. The largest absolute Gasteiger partial charge is 0.497 e. The van der Waals surface area contributed by atoms with Crippen molar-refractivity contribution < 1.29 is 17.9 Å². The van der Waals surface area contributed by atoms with Gasteiger partial charge in [0.25, 0.3) is 0 Å². The Labute approximate surface area is 191 Å².